The Hall–Kier alpha value is -1.55. The van der Waals surface area contributed by atoms with E-state index in [9.17, 15) is 9.59 Å². The number of carboxylic acid groups (broad SMARTS) is 1. The molecule has 2 atom stereocenters. The van der Waals surface area contributed by atoms with E-state index in [0.717, 1.165) is 11.1 Å². The summed E-state index contributed by atoms with van der Waals surface area (Å²) in [6, 6.07) is 5.63. The molecule has 1 aliphatic carbocycles. The lowest BCUT2D eigenvalue weighted by atomic mass is 10.0. The molecule has 1 fully saturated rings. The third-order valence-corrected chi connectivity index (χ3v) is 4.27. The zero-order valence-electron chi connectivity index (χ0n) is 11.4. The smallest absolute Gasteiger partial charge is 0.306 e. The molecule has 2 rings (SSSR count). The Morgan fingerprint density at radius 3 is 2.65 bits per heavy atom. The predicted octanol–water partition coefficient (Wildman–Crippen LogP) is 2.77. The van der Waals surface area contributed by atoms with Gasteiger partial charge in [0, 0.05) is 17.5 Å². The van der Waals surface area contributed by atoms with E-state index in [1.807, 2.05) is 25.1 Å². The van der Waals surface area contributed by atoms with Gasteiger partial charge in [0.2, 0.25) is 5.91 Å². The van der Waals surface area contributed by atoms with E-state index < -0.39 is 5.97 Å². The second-order valence-corrected chi connectivity index (χ2v) is 5.75. The topological polar surface area (TPSA) is 66.4 Å². The Balaban J connectivity index is 1.86. The molecule has 0 bridgehead atoms. The first-order valence-electron chi connectivity index (χ1n) is 6.73. The van der Waals surface area contributed by atoms with Crippen molar-refractivity contribution in [3.63, 3.8) is 0 Å². The summed E-state index contributed by atoms with van der Waals surface area (Å²) in [6.07, 6.45) is 1.69. The summed E-state index contributed by atoms with van der Waals surface area (Å²) < 4.78 is 0. The molecule has 1 amide bonds. The first-order valence-corrected chi connectivity index (χ1v) is 7.10. The van der Waals surface area contributed by atoms with Crippen LogP contribution in [0.1, 0.15) is 30.4 Å². The average molecular weight is 296 g/mol. The van der Waals surface area contributed by atoms with E-state index in [1.54, 1.807) is 0 Å². The largest absolute Gasteiger partial charge is 0.481 e. The summed E-state index contributed by atoms with van der Waals surface area (Å²) in [5.41, 5.74) is 1.97. The van der Waals surface area contributed by atoms with Crippen LogP contribution in [-0.2, 0) is 16.1 Å². The summed E-state index contributed by atoms with van der Waals surface area (Å²) in [7, 11) is 0. The highest BCUT2D eigenvalue weighted by atomic mass is 35.5. The zero-order chi connectivity index (χ0) is 14.7. The normalized spacial score (nSPS) is 21.7. The van der Waals surface area contributed by atoms with E-state index in [1.165, 1.54) is 0 Å². The summed E-state index contributed by atoms with van der Waals surface area (Å²) in [5, 5.41) is 12.5. The number of rotatable bonds is 4. The van der Waals surface area contributed by atoms with Crippen LogP contribution in [0.3, 0.4) is 0 Å². The third kappa shape index (κ3) is 3.51. The fourth-order valence-electron chi connectivity index (χ4n) is 2.59. The molecule has 5 heteroatoms. The molecule has 108 valence electrons. The van der Waals surface area contributed by atoms with E-state index in [-0.39, 0.29) is 17.7 Å². The van der Waals surface area contributed by atoms with Crippen molar-refractivity contribution < 1.29 is 14.7 Å². The number of carbonyl (C=O) groups excluding carboxylic acids is 1. The van der Waals surface area contributed by atoms with Crippen molar-refractivity contribution in [2.45, 2.75) is 32.7 Å². The molecule has 4 nitrogen and oxygen atoms in total. The van der Waals surface area contributed by atoms with Crippen molar-refractivity contribution in [3.8, 4) is 0 Å². The molecule has 0 radical (unpaired) electrons. The van der Waals surface area contributed by atoms with Gasteiger partial charge >= 0.3 is 5.97 Å². The third-order valence-electron chi connectivity index (χ3n) is 3.84. The quantitative estimate of drug-likeness (QED) is 0.897. The fourth-order valence-corrected chi connectivity index (χ4v) is 2.71. The van der Waals surface area contributed by atoms with Gasteiger partial charge in [0.1, 0.15) is 0 Å². The molecule has 2 N–H and O–H groups in total. The van der Waals surface area contributed by atoms with E-state index in [4.69, 9.17) is 16.7 Å². The van der Waals surface area contributed by atoms with E-state index in [2.05, 4.69) is 5.32 Å². The molecule has 1 saturated carbocycles. The Labute approximate surface area is 123 Å². The lowest BCUT2D eigenvalue weighted by Crippen LogP contribution is -2.29. The van der Waals surface area contributed by atoms with Crippen LogP contribution in [0.15, 0.2) is 18.2 Å². The van der Waals surface area contributed by atoms with Crippen molar-refractivity contribution in [2.24, 2.45) is 11.8 Å². The minimum atomic E-state index is -0.798. The summed E-state index contributed by atoms with van der Waals surface area (Å²) in [4.78, 5) is 22.9. The first-order chi connectivity index (χ1) is 9.47. The van der Waals surface area contributed by atoms with Gasteiger partial charge in [0.05, 0.1) is 5.92 Å². The van der Waals surface area contributed by atoms with Gasteiger partial charge in [-0.2, -0.15) is 0 Å². The summed E-state index contributed by atoms with van der Waals surface area (Å²) in [5.74, 6) is -1.40. The number of carboxylic acids is 1. The highest BCUT2D eigenvalue weighted by molar-refractivity contribution is 6.31. The van der Waals surface area contributed by atoms with Gasteiger partial charge < -0.3 is 10.4 Å². The number of benzene rings is 1. The van der Waals surface area contributed by atoms with Gasteiger partial charge in [-0.3, -0.25) is 9.59 Å². The van der Waals surface area contributed by atoms with Gasteiger partial charge in [0.15, 0.2) is 0 Å². The number of carbonyl (C=O) groups is 2. The second-order valence-electron chi connectivity index (χ2n) is 5.35. The second kappa shape index (κ2) is 6.27. The van der Waals surface area contributed by atoms with Gasteiger partial charge in [-0.15, -0.1) is 0 Å². The number of hydrogen-bond acceptors (Lipinski definition) is 2. The molecule has 0 aromatic heterocycles. The lowest BCUT2D eigenvalue weighted by Gasteiger charge is -2.11. The monoisotopic (exact) mass is 295 g/mol. The van der Waals surface area contributed by atoms with Crippen molar-refractivity contribution in [2.75, 3.05) is 0 Å². The molecular formula is C15H18ClNO3. The number of hydrogen-bond donors (Lipinski definition) is 2. The minimum absolute atomic E-state index is 0.0543. The van der Waals surface area contributed by atoms with Crippen LogP contribution in [0, 0.1) is 18.8 Å². The van der Waals surface area contributed by atoms with Crippen molar-refractivity contribution >= 4 is 23.5 Å². The van der Waals surface area contributed by atoms with Crippen LogP contribution in [0.25, 0.3) is 0 Å². The van der Waals surface area contributed by atoms with Crippen LogP contribution in [0.4, 0.5) is 0 Å². The molecule has 20 heavy (non-hydrogen) atoms. The molecule has 0 spiro atoms. The van der Waals surface area contributed by atoms with E-state index in [0.29, 0.717) is 30.8 Å². The van der Waals surface area contributed by atoms with Gasteiger partial charge in [0.25, 0.3) is 0 Å². The molecule has 0 heterocycles. The maximum absolute atomic E-state index is 12.0. The Morgan fingerprint density at radius 1 is 1.35 bits per heavy atom. The fraction of sp³-hybridized carbons (Fsp3) is 0.467. The van der Waals surface area contributed by atoms with Gasteiger partial charge in [-0.25, -0.2) is 0 Å². The SMILES string of the molecule is Cc1cc(CNC(=O)[C@@H]2CC[C@H](C(=O)O)C2)ccc1Cl. The molecule has 1 aliphatic rings. The zero-order valence-corrected chi connectivity index (χ0v) is 12.1. The highest BCUT2D eigenvalue weighted by Crippen LogP contribution is 2.31. The van der Waals surface area contributed by atoms with Crippen molar-refractivity contribution in [1.29, 1.82) is 0 Å². The van der Waals surface area contributed by atoms with Crippen LogP contribution in [0.5, 0.6) is 0 Å². The van der Waals surface area contributed by atoms with Crippen molar-refractivity contribution in [3.05, 3.63) is 34.3 Å². The number of aryl methyl sites for hydroxylation is 1. The van der Waals surface area contributed by atoms with Crippen LogP contribution < -0.4 is 5.32 Å². The molecule has 0 aliphatic heterocycles. The maximum Gasteiger partial charge on any atom is 0.306 e. The Morgan fingerprint density at radius 2 is 2.05 bits per heavy atom. The van der Waals surface area contributed by atoms with Crippen molar-refractivity contribution in [1.82, 2.24) is 5.32 Å². The van der Waals surface area contributed by atoms with Crippen LogP contribution in [0.2, 0.25) is 5.02 Å². The minimum Gasteiger partial charge on any atom is -0.481 e. The standard InChI is InChI=1S/C15H18ClNO3/c1-9-6-10(2-5-13(9)16)8-17-14(18)11-3-4-12(7-11)15(19)20/h2,5-6,11-12H,3-4,7-8H2,1H3,(H,17,18)(H,19,20)/t11-,12+/m1/s1. The summed E-state index contributed by atoms with van der Waals surface area (Å²) in [6.45, 7) is 2.37. The summed E-state index contributed by atoms with van der Waals surface area (Å²) >= 11 is 5.95. The van der Waals surface area contributed by atoms with Crippen LogP contribution >= 0.6 is 11.6 Å². The number of aliphatic carboxylic acids is 1. The molecule has 0 saturated heterocycles. The predicted molar refractivity (Wildman–Crippen MR) is 76.5 cm³/mol. The van der Waals surface area contributed by atoms with Gasteiger partial charge in [-0.05, 0) is 43.4 Å². The average Bonchev–Trinajstić information content (AvgIpc) is 2.89. The highest BCUT2D eigenvalue weighted by Gasteiger charge is 2.33. The number of halogens is 1. The lowest BCUT2D eigenvalue weighted by molar-refractivity contribution is -0.141. The molecular weight excluding hydrogens is 278 g/mol. The van der Waals surface area contributed by atoms with Gasteiger partial charge in [-0.1, -0.05) is 23.7 Å². The first kappa shape index (κ1) is 14.9. The maximum atomic E-state index is 12.0. The Kier molecular flexibility index (Phi) is 4.65. The Bertz CT molecular complexity index is 530. The molecule has 1 aromatic carbocycles. The number of nitrogens with one attached hydrogen (secondary N) is 1. The molecule has 0 unspecified atom stereocenters. The molecule has 1 aromatic rings. The van der Waals surface area contributed by atoms with E-state index >= 15 is 0 Å². The van der Waals surface area contributed by atoms with Crippen LogP contribution in [-0.4, -0.2) is 17.0 Å². The number of amides is 1.